The van der Waals surface area contributed by atoms with Gasteiger partial charge in [0.2, 0.25) is 0 Å². The van der Waals surface area contributed by atoms with E-state index in [2.05, 4.69) is 0 Å². The summed E-state index contributed by atoms with van der Waals surface area (Å²) < 4.78 is 37.4. The zero-order valence-electron chi connectivity index (χ0n) is 13.5. The molecule has 5 nitrogen and oxygen atoms in total. The first-order valence-electron chi connectivity index (χ1n) is 7.10. The van der Waals surface area contributed by atoms with E-state index < -0.39 is 29.7 Å². The second kappa shape index (κ2) is 7.04. The van der Waals surface area contributed by atoms with Crippen LogP contribution in [0.5, 0.6) is 0 Å². The maximum Gasteiger partial charge on any atom is 0.313 e. The fourth-order valence-corrected chi connectivity index (χ4v) is 9.09. The van der Waals surface area contributed by atoms with Gasteiger partial charge in [-0.3, -0.25) is 9.35 Å². The lowest BCUT2D eigenvalue weighted by atomic mass is 10.3. The molecular weight excluding hydrogens is 296 g/mol. The molecule has 0 aliphatic carbocycles. The third-order valence-corrected chi connectivity index (χ3v) is 11.2. The Morgan fingerprint density at radius 3 is 1.60 bits per heavy atom. The molecule has 0 heterocycles. The van der Waals surface area contributed by atoms with E-state index in [0.29, 0.717) is 0 Å². The molecule has 0 amide bonds. The summed E-state index contributed by atoms with van der Waals surface area (Å²) >= 11 is 0. The molecule has 0 aliphatic rings. The van der Waals surface area contributed by atoms with Gasteiger partial charge in [-0.1, -0.05) is 48.5 Å². The first-order chi connectivity index (χ1) is 8.91. The van der Waals surface area contributed by atoms with Crippen LogP contribution >= 0.6 is 0 Å². The number of rotatable bonds is 7. The molecule has 0 fully saturated rings. The van der Waals surface area contributed by atoms with E-state index in [-0.39, 0.29) is 23.0 Å². The largest absolute Gasteiger partial charge is 0.517 e. The van der Waals surface area contributed by atoms with Crippen molar-refractivity contribution in [1.82, 2.24) is 0 Å². The highest BCUT2D eigenvalue weighted by molar-refractivity contribution is 7.87. The lowest BCUT2D eigenvalue weighted by Gasteiger charge is -2.41. The molecule has 0 bridgehead atoms. The number of carbonyl (C=O) groups is 1. The van der Waals surface area contributed by atoms with Gasteiger partial charge in [-0.05, 0) is 23.0 Å². The Morgan fingerprint density at radius 1 is 1.05 bits per heavy atom. The maximum atomic E-state index is 12.2. The Bertz CT molecular complexity index is 406. The Kier molecular flexibility index (Phi) is 6.90. The standard InChI is InChI=1S/C13H28O5SSi/c1-8-12(19(15,16)17)13(14)18-20(9(2)3,10(4)5)11(6)7/h9-12H,8H2,1-7H3,(H,15,16,17). The van der Waals surface area contributed by atoms with Gasteiger partial charge < -0.3 is 4.43 Å². The molecule has 0 spiro atoms. The van der Waals surface area contributed by atoms with Gasteiger partial charge in [-0.25, -0.2) is 0 Å². The first-order valence-corrected chi connectivity index (χ1v) is 10.7. The molecular formula is C13H28O5SSi. The molecule has 1 N–H and O–H groups in total. The molecule has 1 atom stereocenters. The summed E-state index contributed by atoms with van der Waals surface area (Å²) in [5.74, 6) is -0.808. The Morgan fingerprint density at radius 2 is 1.40 bits per heavy atom. The van der Waals surface area contributed by atoms with Crippen LogP contribution in [0.15, 0.2) is 0 Å². The predicted octanol–water partition coefficient (Wildman–Crippen LogP) is 3.37. The summed E-state index contributed by atoms with van der Waals surface area (Å²) in [5, 5.41) is -1.48. The highest BCUT2D eigenvalue weighted by Gasteiger charge is 2.49. The monoisotopic (exact) mass is 324 g/mol. The van der Waals surface area contributed by atoms with Crippen LogP contribution < -0.4 is 0 Å². The van der Waals surface area contributed by atoms with Crippen LogP contribution in [0.3, 0.4) is 0 Å². The molecule has 0 rings (SSSR count). The van der Waals surface area contributed by atoms with Crippen molar-refractivity contribution >= 4 is 24.4 Å². The Hall–Kier alpha value is -0.403. The third-order valence-electron chi connectivity index (χ3n) is 3.98. The quantitative estimate of drug-likeness (QED) is 0.573. The van der Waals surface area contributed by atoms with E-state index in [1.807, 2.05) is 41.5 Å². The first kappa shape index (κ1) is 19.6. The second-order valence-electron chi connectivity index (χ2n) is 6.15. The van der Waals surface area contributed by atoms with Gasteiger partial charge in [0, 0.05) is 0 Å². The van der Waals surface area contributed by atoms with Gasteiger partial charge in [0.1, 0.15) is 0 Å². The van der Waals surface area contributed by atoms with Crippen LogP contribution in [-0.4, -0.2) is 32.5 Å². The van der Waals surface area contributed by atoms with E-state index in [1.54, 1.807) is 6.92 Å². The van der Waals surface area contributed by atoms with E-state index in [4.69, 9.17) is 8.98 Å². The van der Waals surface area contributed by atoms with E-state index >= 15 is 0 Å². The van der Waals surface area contributed by atoms with Crippen molar-refractivity contribution in [1.29, 1.82) is 0 Å². The van der Waals surface area contributed by atoms with E-state index in [1.165, 1.54) is 0 Å². The van der Waals surface area contributed by atoms with Crippen molar-refractivity contribution in [3.05, 3.63) is 0 Å². The molecule has 0 aromatic rings. The third kappa shape index (κ3) is 4.05. The number of hydrogen-bond acceptors (Lipinski definition) is 4. The van der Waals surface area contributed by atoms with Crippen LogP contribution in [0.2, 0.25) is 16.6 Å². The average Bonchev–Trinajstić information content (AvgIpc) is 2.22. The Balaban J connectivity index is 5.54. The second-order valence-corrected chi connectivity index (χ2v) is 13.1. The Labute approximate surface area is 124 Å². The van der Waals surface area contributed by atoms with Crippen LogP contribution in [0.25, 0.3) is 0 Å². The smallest absolute Gasteiger partial charge is 0.313 e. The fourth-order valence-electron chi connectivity index (χ4n) is 3.09. The predicted molar refractivity (Wildman–Crippen MR) is 82.8 cm³/mol. The number of carbonyl (C=O) groups excluding carboxylic acids is 1. The summed E-state index contributed by atoms with van der Waals surface area (Å²) in [6.07, 6.45) is 0.0103. The molecule has 0 aromatic heterocycles. The SMILES string of the molecule is CCC(C(=O)O[Si](C(C)C)(C(C)C)C(C)C)S(=O)(=O)O. The van der Waals surface area contributed by atoms with Gasteiger partial charge >= 0.3 is 5.97 Å². The lowest BCUT2D eigenvalue weighted by Crippen LogP contribution is -2.51. The van der Waals surface area contributed by atoms with E-state index in [9.17, 15) is 13.2 Å². The summed E-state index contributed by atoms with van der Waals surface area (Å²) in [5.41, 5.74) is 0.515. The zero-order valence-corrected chi connectivity index (χ0v) is 15.3. The van der Waals surface area contributed by atoms with Crippen molar-refractivity contribution in [2.45, 2.75) is 76.8 Å². The minimum Gasteiger partial charge on any atom is -0.517 e. The molecule has 1 unspecified atom stereocenters. The zero-order chi connectivity index (χ0) is 16.3. The lowest BCUT2D eigenvalue weighted by molar-refractivity contribution is -0.135. The summed E-state index contributed by atoms with van der Waals surface area (Å²) in [4.78, 5) is 12.2. The maximum absolute atomic E-state index is 12.2. The molecule has 7 heteroatoms. The summed E-state index contributed by atoms with van der Waals surface area (Å²) in [6.45, 7) is 13.6. The van der Waals surface area contributed by atoms with Crippen molar-refractivity contribution < 1.29 is 22.2 Å². The van der Waals surface area contributed by atoms with Crippen LogP contribution in [0, 0.1) is 0 Å². The van der Waals surface area contributed by atoms with Gasteiger partial charge in [-0.2, -0.15) is 8.42 Å². The highest BCUT2D eigenvalue weighted by atomic mass is 32.2. The van der Waals surface area contributed by atoms with Gasteiger partial charge in [0.05, 0.1) is 0 Å². The molecule has 0 aliphatic heterocycles. The molecule has 20 heavy (non-hydrogen) atoms. The normalized spacial score (nSPS) is 14.9. The molecule has 120 valence electrons. The van der Waals surface area contributed by atoms with Crippen LogP contribution in [0.4, 0.5) is 0 Å². The average molecular weight is 325 g/mol. The minimum atomic E-state index is -4.42. The van der Waals surface area contributed by atoms with Gasteiger partial charge in [0.25, 0.3) is 18.4 Å². The van der Waals surface area contributed by atoms with Crippen molar-refractivity contribution in [2.75, 3.05) is 0 Å². The van der Waals surface area contributed by atoms with Crippen LogP contribution in [-0.2, 0) is 19.3 Å². The van der Waals surface area contributed by atoms with Crippen molar-refractivity contribution in [2.24, 2.45) is 0 Å². The van der Waals surface area contributed by atoms with Crippen LogP contribution in [0.1, 0.15) is 54.9 Å². The van der Waals surface area contributed by atoms with Crippen molar-refractivity contribution in [3.63, 3.8) is 0 Å². The molecule has 0 aromatic carbocycles. The van der Waals surface area contributed by atoms with E-state index in [0.717, 1.165) is 0 Å². The summed E-state index contributed by atoms with van der Waals surface area (Å²) in [6, 6.07) is 0. The highest BCUT2D eigenvalue weighted by Crippen LogP contribution is 2.42. The van der Waals surface area contributed by atoms with Gasteiger partial charge in [-0.15, -0.1) is 0 Å². The number of hydrogen-bond donors (Lipinski definition) is 1. The topological polar surface area (TPSA) is 80.7 Å². The van der Waals surface area contributed by atoms with Gasteiger partial charge in [0.15, 0.2) is 5.25 Å². The minimum absolute atomic E-state index is 0.0103. The molecule has 0 saturated carbocycles. The fraction of sp³-hybridized carbons (Fsp3) is 0.923. The molecule has 0 saturated heterocycles. The summed E-state index contributed by atoms with van der Waals surface area (Å²) in [7, 11) is -6.89. The van der Waals surface area contributed by atoms with Crippen molar-refractivity contribution in [3.8, 4) is 0 Å². The molecule has 0 radical (unpaired) electrons.